The summed E-state index contributed by atoms with van der Waals surface area (Å²) in [5.41, 5.74) is 1.20. The van der Waals surface area contributed by atoms with E-state index in [1.54, 1.807) is 25.4 Å². The first-order valence-electron chi connectivity index (χ1n) is 6.40. The molecule has 0 radical (unpaired) electrons. The Morgan fingerprint density at radius 2 is 1.84 bits per heavy atom. The first-order valence-corrected chi connectivity index (χ1v) is 6.40. The molecular weight excluding hydrogens is 240 g/mol. The summed E-state index contributed by atoms with van der Waals surface area (Å²) in [7, 11) is 0. The van der Waals surface area contributed by atoms with Crippen LogP contribution in [0.4, 0.5) is 0 Å². The molecule has 4 nitrogen and oxygen atoms in total. The van der Waals surface area contributed by atoms with Crippen molar-refractivity contribution in [1.29, 1.82) is 0 Å². The van der Waals surface area contributed by atoms with Crippen molar-refractivity contribution in [2.75, 3.05) is 0 Å². The molecule has 0 bridgehead atoms. The number of hydrogen-bond acceptors (Lipinski definition) is 4. The predicted molar refractivity (Wildman–Crippen MR) is 72.8 cm³/mol. The largest absolute Gasteiger partial charge is 0.486 e. The van der Waals surface area contributed by atoms with Gasteiger partial charge in [-0.3, -0.25) is 0 Å². The molecule has 0 amide bonds. The monoisotopic (exact) mass is 258 g/mol. The van der Waals surface area contributed by atoms with Gasteiger partial charge in [0.2, 0.25) is 0 Å². The molecule has 1 heterocycles. The van der Waals surface area contributed by atoms with E-state index in [2.05, 4.69) is 9.97 Å². The van der Waals surface area contributed by atoms with Gasteiger partial charge in [-0.1, -0.05) is 12.1 Å². The minimum absolute atomic E-state index is 0.258. The Balaban J connectivity index is 1.85. The molecule has 1 unspecified atom stereocenters. The fourth-order valence-corrected chi connectivity index (χ4v) is 1.68. The lowest BCUT2D eigenvalue weighted by atomic mass is 10.1. The van der Waals surface area contributed by atoms with Crippen LogP contribution in [0.1, 0.15) is 24.7 Å². The van der Waals surface area contributed by atoms with Gasteiger partial charge < -0.3 is 9.84 Å². The van der Waals surface area contributed by atoms with Gasteiger partial charge in [-0.25, -0.2) is 9.97 Å². The minimum Gasteiger partial charge on any atom is -0.486 e. The van der Waals surface area contributed by atoms with Crippen LogP contribution in [0.3, 0.4) is 0 Å². The number of nitrogens with zero attached hydrogens (tertiary/aromatic N) is 2. The van der Waals surface area contributed by atoms with E-state index in [-0.39, 0.29) is 6.10 Å². The van der Waals surface area contributed by atoms with E-state index < -0.39 is 0 Å². The Morgan fingerprint density at radius 3 is 2.47 bits per heavy atom. The van der Waals surface area contributed by atoms with E-state index in [0.29, 0.717) is 12.4 Å². The summed E-state index contributed by atoms with van der Waals surface area (Å²) < 4.78 is 5.60. The SMILES string of the molecule is CC(O)CCc1ccc(OCc2ncccn2)cc1. The predicted octanol–water partition coefficient (Wildman–Crippen LogP) is 2.37. The van der Waals surface area contributed by atoms with Gasteiger partial charge in [0.25, 0.3) is 0 Å². The topological polar surface area (TPSA) is 55.2 Å². The summed E-state index contributed by atoms with van der Waals surface area (Å²) in [5, 5.41) is 9.24. The number of aryl methyl sites for hydroxylation is 1. The van der Waals surface area contributed by atoms with E-state index in [4.69, 9.17) is 4.74 Å². The zero-order chi connectivity index (χ0) is 13.5. The number of aromatic nitrogens is 2. The van der Waals surface area contributed by atoms with Crippen molar-refractivity contribution in [3.05, 3.63) is 54.1 Å². The number of aliphatic hydroxyl groups excluding tert-OH is 1. The standard InChI is InChI=1S/C15H18N2O2/c1-12(18)3-4-13-5-7-14(8-6-13)19-11-15-16-9-2-10-17-15/h2,5-10,12,18H,3-4,11H2,1H3. The van der Waals surface area contributed by atoms with Gasteiger partial charge in [0, 0.05) is 12.4 Å². The number of hydrogen-bond donors (Lipinski definition) is 1. The molecule has 0 spiro atoms. The van der Waals surface area contributed by atoms with Crippen LogP contribution >= 0.6 is 0 Å². The van der Waals surface area contributed by atoms with E-state index in [1.165, 1.54) is 5.56 Å². The highest BCUT2D eigenvalue weighted by Crippen LogP contribution is 2.14. The molecule has 1 atom stereocenters. The van der Waals surface area contributed by atoms with Gasteiger partial charge in [-0.15, -0.1) is 0 Å². The Labute approximate surface area is 113 Å². The molecule has 2 rings (SSSR count). The average molecular weight is 258 g/mol. The van der Waals surface area contributed by atoms with E-state index >= 15 is 0 Å². The number of benzene rings is 1. The van der Waals surface area contributed by atoms with Crippen LogP contribution in [0.2, 0.25) is 0 Å². The quantitative estimate of drug-likeness (QED) is 0.864. The molecule has 19 heavy (non-hydrogen) atoms. The summed E-state index contributed by atoms with van der Waals surface area (Å²) >= 11 is 0. The van der Waals surface area contributed by atoms with E-state index in [9.17, 15) is 5.11 Å². The molecule has 100 valence electrons. The molecular formula is C15H18N2O2. The smallest absolute Gasteiger partial charge is 0.166 e. The van der Waals surface area contributed by atoms with Crippen molar-refractivity contribution >= 4 is 0 Å². The van der Waals surface area contributed by atoms with Gasteiger partial charge in [0.05, 0.1) is 6.10 Å². The maximum absolute atomic E-state index is 9.24. The molecule has 4 heteroatoms. The summed E-state index contributed by atoms with van der Waals surface area (Å²) in [6, 6.07) is 9.67. The van der Waals surface area contributed by atoms with Crippen LogP contribution in [0.15, 0.2) is 42.7 Å². The summed E-state index contributed by atoms with van der Waals surface area (Å²) in [5.74, 6) is 1.47. The molecule has 0 saturated heterocycles. The highest BCUT2D eigenvalue weighted by atomic mass is 16.5. The summed E-state index contributed by atoms with van der Waals surface area (Å²) in [4.78, 5) is 8.19. The lowest BCUT2D eigenvalue weighted by Gasteiger charge is -2.07. The van der Waals surface area contributed by atoms with Gasteiger partial charge in [-0.2, -0.15) is 0 Å². The number of ether oxygens (including phenoxy) is 1. The van der Waals surface area contributed by atoms with Gasteiger partial charge >= 0.3 is 0 Å². The average Bonchev–Trinajstić information content (AvgIpc) is 2.45. The van der Waals surface area contributed by atoms with Crippen LogP contribution in [0.5, 0.6) is 5.75 Å². The van der Waals surface area contributed by atoms with Gasteiger partial charge in [0.15, 0.2) is 5.82 Å². The molecule has 0 fully saturated rings. The molecule has 2 aromatic rings. The first kappa shape index (κ1) is 13.5. The Morgan fingerprint density at radius 1 is 1.16 bits per heavy atom. The fraction of sp³-hybridized carbons (Fsp3) is 0.333. The zero-order valence-corrected chi connectivity index (χ0v) is 11.0. The van der Waals surface area contributed by atoms with Gasteiger partial charge in [-0.05, 0) is 43.5 Å². The molecule has 0 aliphatic carbocycles. The lowest BCUT2D eigenvalue weighted by molar-refractivity contribution is 0.185. The van der Waals surface area contributed by atoms with Crippen molar-refractivity contribution < 1.29 is 9.84 Å². The maximum Gasteiger partial charge on any atom is 0.166 e. The number of aliphatic hydroxyl groups is 1. The third kappa shape index (κ3) is 4.67. The van der Waals surface area contributed by atoms with Crippen molar-refractivity contribution in [3.63, 3.8) is 0 Å². The van der Waals surface area contributed by atoms with Crippen molar-refractivity contribution in [3.8, 4) is 5.75 Å². The third-order valence-corrected chi connectivity index (χ3v) is 2.76. The summed E-state index contributed by atoms with van der Waals surface area (Å²) in [6.07, 6.45) is 4.79. The van der Waals surface area contributed by atoms with Crippen molar-refractivity contribution in [1.82, 2.24) is 9.97 Å². The summed E-state index contributed by atoms with van der Waals surface area (Å²) in [6.45, 7) is 2.17. The highest BCUT2D eigenvalue weighted by Gasteiger charge is 2.00. The van der Waals surface area contributed by atoms with Crippen LogP contribution in [-0.2, 0) is 13.0 Å². The zero-order valence-electron chi connectivity index (χ0n) is 11.0. The van der Waals surface area contributed by atoms with Crippen LogP contribution in [0.25, 0.3) is 0 Å². The molecule has 1 aromatic heterocycles. The number of rotatable bonds is 6. The van der Waals surface area contributed by atoms with E-state index in [1.807, 2.05) is 24.3 Å². The van der Waals surface area contributed by atoms with Crippen molar-refractivity contribution in [2.24, 2.45) is 0 Å². The molecule has 1 aromatic carbocycles. The Hall–Kier alpha value is -1.94. The Bertz CT molecular complexity index is 483. The van der Waals surface area contributed by atoms with Crippen LogP contribution in [-0.4, -0.2) is 21.2 Å². The van der Waals surface area contributed by atoms with Crippen LogP contribution in [0, 0.1) is 0 Å². The molecule has 0 aliphatic rings. The van der Waals surface area contributed by atoms with Gasteiger partial charge in [0.1, 0.15) is 12.4 Å². The lowest BCUT2D eigenvalue weighted by Crippen LogP contribution is -2.02. The highest BCUT2D eigenvalue weighted by molar-refractivity contribution is 5.27. The van der Waals surface area contributed by atoms with Crippen molar-refractivity contribution in [2.45, 2.75) is 32.5 Å². The second-order valence-electron chi connectivity index (χ2n) is 4.49. The van der Waals surface area contributed by atoms with E-state index in [0.717, 1.165) is 18.6 Å². The molecule has 0 aliphatic heterocycles. The Kier molecular flexibility index (Phi) is 4.86. The molecule has 1 N–H and O–H groups in total. The third-order valence-electron chi connectivity index (χ3n) is 2.76. The van der Waals surface area contributed by atoms with Crippen LogP contribution < -0.4 is 4.74 Å². The fourth-order valence-electron chi connectivity index (χ4n) is 1.68. The molecule has 0 saturated carbocycles. The second kappa shape index (κ2) is 6.85. The maximum atomic E-state index is 9.24. The second-order valence-corrected chi connectivity index (χ2v) is 4.49. The first-order chi connectivity index (χ1) is 9.24. The minimum atomic E-state index is -0.258. The normalized spacial score (nSPS) is 12.1.